The number of hydrogen-bond acceptors (Lipinski definition) is 4. The van der Waals surface area contributed by atoms with Gasteiger partial charge in [0.2, 0.25) is 11.1 Å². The molecular formula is C14H14ClN3O3. The SMILES string of the molecule is NC(=O)CN(Cc1ccccc1N)C(=O)c1ccoc1Cl. The van der Waals surface area contributed by atoms with Crippen molar-refractivity contribution in [1.82, 2.24) is 4.90 Å². The molecule has 0 aliphatic rings. The van der Waals surface area contributed by atoms with Crippen LogP contribution in [0.4, 0.5) is 5.69 Å². The lowest BCUT2D eigenvalue weighted by molar-refractivity contribution is -0.118. The Hall–Kier alpha value is -2.47. The smallest absolute Gasteiger partial charge is 0.259 e. The van der Waals surface area contributed by atoms with E-state index < -0.39 is 11.8 Å². The zero-order valence-electron chi connectivity index (χ0n) is 11.1. The number of anilines is 1. The van der Waals surface area contributed by atoms with Crippen LogP contribution < -0.4 is 11.5 Å². The molecule has 6 nitrogen and oxygen atoms in total. The number of carbonyl (C=O) groups is 2. The van der Waals surface area contributed by atoms with Gasteiger partial charge in [-0.2, -0.15) is 0 Å². The maximum atomic E-state index is 12.4. The molecule has 0 aliphatic carbocycles. The third-order valence-electron chi connectivity index (χ3n) is 2.90. The summed E-state index contributed by atoms with van der Waals surface area (Å²) in [4.78, 5) is 24.9. The molecule has 2 rings (SSSR count). The van der Waals surface area contributed by atoms with Crippen LogP contribution in [-0.2, 0) is 11.3 Å². The van der Waals surface area contributed by atoms with Crippen molar-refractivity contribution in [2.75, 3.05) is 12.3 Å². The van der Waals surface area contributed by atoms with Crippen molar-refractivity contribution in [3.8, 4) is 0 Å². The van der Waals surface area contributed by atoms with Gasteiger partial charge in [0.1, 0.15) is 0 Å². The molecular weight excluding hydrogens is 294 g/mol. The lowest BCUT2D eigenvalue weighted by atomic mass is 10.1. The van der Waals surface area contributed by atoms with Crippen molar-refractivity contribution in [3.05, 3.63) is 52.9 Å². The molecule has 2 aromatic rings. The van der Waals surface area contributed by atoms with E-state index in [2.05, 4.69) is 0 Å². The number of para-hydroxylation sites is 1. The number of primary amides is 1. The van der Waals surface area contributed by atoms with Gasteiger partial charge >= 0.3 is 0 Å². The van der Waals surface area contributed by atoms with Gasteiger partial charge in [-0.15, -0.1) is 0 Å². The lowest BCUT2D eigenvalue weighted by Crippen LogP contribution is -2.38. The number of nitrogens with two attached hydrogens (primary N) is 2. The van der Waals surface area contributed by atoms with Crippen molar-refractivity contribution in [2.45, 2.75) is 6.54 Å². The summed E-state index contributed by atoms with van der Waals surface area (Å²) in [7, 11) is 0. The number of carbonyl (C=O) groups excluding carboxylic acids is 2. The Kier molecular flexibility index (Phi) is 4.49. The molecule has 0 unspecified atom stereocenters. The number of benzene rings is 1. The Morgan fingerprint density at radius 2 is 1.95 bits per heavy atom. The van der Waals surface area contributed by atoms with E-state index in [1.165, 1.54) is 17.2 Å². The van der Waals surface area contributed by atoms with Gasteiger partial charge in [0.25, 0.3) is 5.91 Å². The summed E-state index contributed by atoms with van der Waals surface area (Å²) < 4.78 is 4.89. The third-order valence-corrected chi connectivity index (χ3v) is 3.19. The predicted octanol–water partition coefficient (Wildman–Crippen LogP) is 1.64. The van der Waals surface area contributed by atoms with E-state index in [-0.39, 0.29) is 23.9 Å². The average Bonchev–Trinajstić information content (AvgIpc) is 2.85. The van der Waals surface area contributed by atoms with Gasteiger partial charge in [0, 0.05) is 12.2 Å². The molecule has 1 heterocycles. The summed E-state index contributed by atoms with van der Waals surface area (Å²) in [6, 6.07) is 8.50. The highest BCUT2D eigenvalue weighted by Crippen LogP contribution is 2.21. The Morgan fingerprint density at radius 1 is 1.24 bits per heavy atom. The molecule has 2 amide bonds. The highest BCUT2D eigenvalue weighted by molar-refractivity contribution is 6.32. The van der Waals surface area contributed by atoms with E-state index in [1.807, 2.05) is 0 Å². The largest absolute Gasteiger partial charge is 0.452 e. The van der Waals surface area contributed by atoms with Gasteiger partial charge in [-0.1, -0.05) is 18.2 Å². The highest BCUT2D eigenvalue weighted by atomic mass is 35.5. The van der Waals surface area contributed by atoms with Crippen LogP contribution in [0.2, 0.25) is 5.22 Å². The first-order valence-electron chi connectivity index (χ1n) is 6.13. The van der Waals surface area contributed by atoms with Crippen molar-refractivity contribution < 1.29 is 14.0 Å². The molecule has 0 radical (unpaired) electrons. The minimum Gasteiger partial charge on any atom is -0.452 e. The topological polar surface area (TPSA) is 103 Å². The standard InChI is InChI=1S/C14H14ClN3O3/c15-13-10(5-6-21-13)14(20)18(8-12(17)19)7-9-3-1-2-4-11(9)16/h1-6H,7-8,16H2,(H2,17,19). The summed E-state index contributed by atoms with van der Waals surface area (Å²) in [5.74, 6) is -1.08. The molecule has 7 heteroatoms. The van der Waals surface area contributed by atoms with E-state index in [9.17, 15) is 9.59 Å². The van der Waals surface area contributed by atoms with Gasteiger partial charge in [0.15, 0.2) is 0 Å². The number of hydrogen-bond donors (Lipinski definition) is 2. The molecule has 21 heavy (non-hydrogen) atoms. The van der Waals surface area contributed by atoms with Crippen LogP contribution in [0.3, 0.4) is 0 Å². The Bertz CT molecular complexity index is 669. The lowest BCUT2D eigenvalue weighted by Gasteiger charge is -2.21. The summed E-state index contributed by atoms with van der Waals surface area (Å²) in [5.41, 5.74) is 12.5. The van der Waals surface area contributed by atoms with Crippen LogP contribution in [0.5, 0.6) is 0 Å². The molecule has 4 N–H and O–H groups in total. The highest BCUT2D eigenvalue weighted by Gasteiger charge is 2.22. The third kappa shape index (κ3) is 3.55. The molecule has 0 atom stereocenters. The van der Waals surface area contributed by atoms with Crippen LogP contribution in [0.15, 0.2) is 41.0 Å². The van der Waals surface area contributed by atoms with Gasteiger partial charge in [0.05, 0.1) is 18.4 Å². The monoisotopic (exact) mass is 307 g/mol. The van der Waals surface area contributed by atoms with E-state index in [0.29, 0.717) is 11.3 Å². The molecule has 110 valence electrons. The minimum absolute atomic E-state index is 0.0319. The quantitative estimate of drug-likeness (QED) is 0.820. The molecule has 0 bridgehead atoms. The van der Waals surface area contributed by atoms with E-state index in [0.717, 1.165) is 0 Å². The fourth-order valence-corrected chi connectivity index (χ4v) is 2.08. The van der Waals surface area contributed by atoms with Crippen LogP contribution in [0.1, 0.15) is 15.9 Å². The number of nitrogens with zero attached hydrogens (tertiary/aromatic N) is 1. The maximum absolute atomic E-state index is 12.4. The van der Waals surface area contributed by atoms with Gasteiger partial charge in [-0.25, -0.2) is 0 Å². The molecule has 0 fully saturated rings. The van der Waals surface area contributed by atoms with E-state index >= 15 is 0 Å². The number of rotatable bonds is 5. The van der Waals surface area contributed by atoms with Crippen LogP contribution in [-0.4, -0.2) is 23.3 Å². The van der Waals surface area contributed by atoms with Crippen molar-refractivity contribution in [1.29, 1.82) is 0 Å². The average molecular weight is 308 g/mol. The summed E-state index contributed by atoms with van der Waals surface area (Å²) >= 11 is 5.79. The normalized spacial score (nSPS) is 10.3. The van der Waals surface area contributed by atoms with Crippen molar-refractivity contribution in [3.63, 3.8) is 0 Å². The Morgan fingerprint density at radius 3 is 2.52 bits per heavy atom. The predicted molar refractivity (Wildman–Crippen MR) is 78.5 cm³/mol. The second kappa shape index (κ2) is 6.32. The summed E-state index contributed by atoms with van der Waals surface area (Å²) in [5, 5.41) is -0.0319. The summed E-state index contributed by atoms with van der Waals surface area (Å²) in [6.45, 7) is -0.0926. The summed E-state index contributed by atoms with van der Waals surface area (Å²) in [6.07, 6.45) is 1.30. The van der Waals surface area contributed by atoms with Crippen LogP contribution in [0, 0.1) is 0 Å². The first-order chi connectivity index (χ1) is 9.99. The molecule has 0 aliphatic heterocycles. The van der Waals surface area contributed by atoms with Gasteiger partial charge in [-0.3, -0.25) is 9.59 Å². The zero-order valence-corrected chi connectivity index (χ0v) is 11.8. The number of amides is 2. The molecule has 1 aromatic heterocycles. The first-order valence-corrected chi connectivity index (χ1v) is 6.50. The van der Waals surface area contributed by atoms with Crippen molar-refractivity contribution >= 4 is 29.1 Å². The molecule has 0 saturated carbocycles. The minimum atomic E-state index is -0.627. The first kappa shape index (κ1) is 14.9. The van der Waals surface area contributed by atoms with E-state index in [4.69, 9.17) is 27.5 Å². The second-order valence-corrected chi connectivity index (χ2v) is 4.78. The Balaban J connectivity index is 2.27. The van der Waals surface area contributed by atoms with Crippen LogP contribution >= 0.6 is 11.6 Å². The van der Waals surface area contributed by atoms with E-state index in [1.54, 1.807) is 24.3 Å². The van der Waals surface area contributed by atoms with Crippen LogP contribution in [0.25, 0.3) is 0 Å². The number of halogens is 1. The molecule has 1 aromatic carbocycles. The fourth-order valence-electron chi connectivity index (χ4n) is 1.89. The Labute approximate surface area is 126 Å². The van der Waals surface area contributed by atoms with Gasteiger partial charge < -0.3 is 20.8 Å². The number of nitrogen functional groups attached to an aromatic ring is 1. The molecule has 0 saturated heterocycles. The van der Waals surface area contributed by atoms with Gasteiger partial charge in [-0.05, 0) is 29.3 Å². The molecule has 0 spiro atoms. The number of furan rings is 1. The van der Waals surface area contributed by atoms with Crippen molar-refractivity contribution in [2.24, 2.45) is 5.73 Å². The second-order valence-electron chi connectivity index (χ2n) is 4.43. The fraction of sp³-hybridized carbons (Fsp3) is 0.143. The zero-order chi connectivity index (χ0) is 15.4. The maximum Gasteiger partial charge on any atom is 0.259 e.